The van der Waals surface area contributed by atoms with Gasteiger partial charge in [0, 0.05) is 42.7 Å². The van der Waals surface area contributed by atoms with Gasteiger partial charge >= 0.3 is 6.09 Å². The van der Waals surface area contributed by atoms with Crippen LogP contribution in [0.5, 0.6) is 5.75 Å². The van der Waals surface area contributed by atoms with Gasteiger partial charge in [0.2, 0.25) is 5.56 Å². The van der Waals surface area contributed by atoms with Gasteiger partial charge in [-0.25, -0.2) is 9.48 Å². The van der Waals surface area contributed by atoms with Crippen LogP contribution >= 0.6 is 0 Å². The molecule has 2 aromatic heterocycles. The summed E-state index contributed by atoms with van der Waals surface area (Å²) in [4.78, 5) is 27.3. The van der Waals surface area contributed by atoms with Crippen molar-refractivity contribution in [3.8, 4) is 16.9 Å². The largest absolute Gasteiger partial charge is 0.506 e. The summed E-state index contributed by atoms with van der Waals surface area (Å²) >= 11 is 0. The van der Waals surface area contributed by atoms with Crippen molar-refractivity contribution in [1.82, 2.24) is 25.3 Å². The zero-order valence-corrected chi connectivity index (χ0v) is 29.6. The molecule has 7 N–H and O–H groups in total. The van der Waals surface area contributed by atoms with Crippen molar-refractivity contribution >= 4 is 33.7 Å². The van der Waals surface area contributed by atoms with Crippen LogP contribution in [0.25, 0.3) is 33.1 Å². The summed E-state index contributed by atoms with van der Waals surface area (Å²) in [6, 6.07) is 28.5. The zero-order chi connectivity index (χ0) is 36.0. The number of rotatable bonds is 12. The number of aliphatic hydroxyl groups excluding tert-OH is 1. The summed E-state index contributed by atoms with van der Waals surface area (Å²) in [5.74, 6) is -0.0443. The summed E-state index contributed by atoms with van der Waals surface area (Å²) in [6.07, 6.45) is 3.46. The molecule has 7 rings (SSSR count). The first-order valence-electron chi connectivity index (χ1n) is 17.8. The quantitative estimate of drug-likeness (QED) is 0.0849. The lowest BCUT2D eigenvalue weighted by atomic mass is 9.94. The number of hydrogen-bond acceptors (Lipinski definition) is 9. The number of hydrogen-bond donors (Lipinski definition) is 6. The molecule has 1 aliphatic rings. The Morgan fingerprint density at radius 3 is 2.54 bits per heavy atom. The van der Waals surface area contributed by atoms with Crippen LogP contribution in [-0.4, -0.2) is 55.0 Å². The highest BCUT2D eigenvalue weighted by Crippen LogP contribution is 2.31. The number of nitrogens with zero attached hydrogens (tertiary/aromatic N) is 3. The Bertz CT molecular complexity index is 2240. The fraction of sp³-hybridized carbons (Fsp3) is 0.300. The van der Waals surface area contributed by atoms with E-state index in [-0.39, 0.29) is 39.4 Å². The molecule has 0 bridgehead atoms. The Labute approximate surface area is 310 Å². The minimum atomic E-state index is -0.852. The van der Waals surface area contributed by atoms with Gasteiger partial charge in [0.1, 0.15) is 17.4 Å². The Hall–Kier alpha value is -5.70. The predicted octanol–water partition coefficient (Wildman–Crippen LogP) is 6.22. The first-order valence-corrected chi connectivity index (χ1v) is 17.8. The second kappa shape index (κ2) is 17.9. The van der Waals surface area contributed by atoms with Crippen molar-refractivity contribution in [2.75, 3.05) is 11.9 Å². The normalized spacial score (nSPS) is 16.0. The first-order chi connectivity index (χ1) is 25.3. The molecule has 1 amide bonds. The predicted molar refractivity (Wildman–Crippen MR) is 206 cm³/mol. The number of phenols is 1. The lowest BCUT2D eigenvalue weighted by molar-refractivity contribution is 0.0826. The van der Waals surface area contributed by atoms with Crippen LogP contribution in [0.2, 0.25) is 0 Å². The van der Waals surface area contributed by atoms with Gasteiger partial charge in [0.05, 0.1) is 22.8 Å². The van der Waals surface area contributed by atoms with Crippen LogP contribution in [0.1, 0.15) is 54.9 Å². The Morgan fingerprint density at radius 1 is 0.963 bits per heavy atom. The molecule has 0 unspecified atom stereocenters. The van der Waals surface area contributed by atoms with Gasteiger partial charge in [0.25, 0.3) is 0 Å². The number of fused-ring (bicyclic) bond motifs is 2. The second-order valence-corrected chi connectivity index (χ2v) is 13.5. The molecule has 2 heterocycles. The number of carbonyl (C=O) groups is 1. The highest BCUT2D eigenvalue weighted by atomic mass is 19.0. The Kier molecular flexibility index (Phi) is 13.1. The highest BCUT2D eigenvalue weighted by molar-refractivity contribution is 5.92. The third-order valence-corrected chi connectivity index (χ3v) is 9.74. The van der Waals surface area contributed by atoms with E-state index in [0.717, 1.165) is 71.8 Å². The third-order valence-electron chi connectivity index (χ3n) is 9.74. The van der Waals surface area contributed by atoms with Crippen molar-refractivity contribution in [3.05, 3.63) is 118 Å². The number of pyridine rings is 1. The number of amides is 1. The molecule has 1 fully saturated rings. The molecular weight excluding hydrogens is 696 g/mol. The van der Waals surface area contributed by atoms with Crippen molar-refractivity contribution in [2.24, 2.45) is 5.73 Å². The smallest absolute Gasteiger partial charge is 0.411 e. The summed E-state index contributed by atoms with van der Waals surface area (Å²) < 4.78 is 7.67. The lowest BCUT2D eigenvalue weighted by Gasteiger charge is -2.26. The topological polar surface area (TPSA) is 180 Å². The summed E-state index contributed by atoms with van der Waals surface area (Å²) in [5.41, 5.74) is 13.1. The second-order valence-electron chi connectivity index (χ2n) is 13.5. The number of aromatic amines is 1. The monoisotopic (exact) mass is 741 g/mol. The van der Waals surface area contributed by atoms with Crippen LogP contribution < -0.4 is 21.9 Å². The number of benzene rings is 4. The third kappa shape index (κ3) is 9.26. The molecule has 0 saturated heterocycles. The van der Waals surface area contributed by atoms with Gasteiger partial charge in [-0.05, 0) is 91.1 Å². The number of aromatic hydroxyl groups is 1. The SMILES string of the molecule is F.F.NC1CCC(OC(=O)Nc2cc(CCCn3nnc4cc(CNC[C@H](O)c5ccc(O)c6[nH]c(=O)ccc56)ccc43)ccc2-c2ccccc2)CC1. The van der Waals surface area contributed by atoms with E-state index < -0.39 is 12.2 Å². The van der Waals surface area contributed by atoms with Crippen LogP contribution in [-0.2, 0) is 24.2 Å². The van der Waals surface area contributed by atoms with Crippen molar-refractivity contribution in [3.63, 3.8) is 0 Å². The number of aryl methyl sites for hydroxylation is 2. The minimum Gasteiger partial charge on any atom is -0.506 e. The van der Waals surface area contributed by atoms with E-state index in [0.29, 0.717) is 35.2 Å². The van der Waals surface area contributed by atoms with Crippen LogP contribution in [0, 0.1) is 0 Å². The molecule has 6 aromatic rings. The number of ether oxygens (including phenoxy) is 1. The number of halogens is 2. The molecule has 12 nitrogen and oxygen atoms in total. The van der Waals surface area contributed by atoms with Crippen LogP contribution in [0.15, 0.2) is 95.8 Å². The summed E-state index contributed by atoms with van der Waals surface area (Å²) in [5, 5.41) is 36.8. The standard InChI is InChI=1S/C40H43N7O5.2FH/c41-28-10-12-29(13-11-28)52-40(51)43-33-21-25(8-14-30(33)27-6-2-1-3-7-27)5-4-20-47-35-17-9-26(22-34(35)45-46-47)23-42-24-37(49)31-15-18-36(48)39-32(31)16-19-38(50)44-39;;/h1-3,6-9,14-19,21-22,28-29,37,42,48-49H,4-5,10-13,20,23-24,41H2,(H,43,51)(H,44,50);2*1H/t28?,29?,37-;;/m0../s1. The number of H-pyrrole nitrogens is 1. The van der Waals surface area contributed by atoms with Crippen molar-refractivity contribution in [1.29, 1.82) is 0 Å². The van der Waals surface area contributed by atoms with E-state index in [2.05, 4.69) is 32.0 Å². The minimum absolute atomic E-state index is 0. The van der Waals surface area contributed by atoms with E-state index in [4.69, 9.17) is 10.5 Å². The van der Waals surface area contributed by atoms with E-state index >= 15 is 0 Å². The molecule has 0 aliphatic heterocycles. The van der Waals surface area contributed by atoms with Gasteiger partial charge in [-0.3, -0.25) is 19.5 Å². The summed E-state index contributed by atoms with van der Waals surface area (Å²) in [7, 11) is 0. The average Bonchev–Trinajstić information content (AvgIpc) is 3.55. The van der Waals surface area contributed by atoms with E-state index in [9.17, 15) is 19.8 Å². The fourth-order valence-corrected chi connectivity index (χ4v) is 6.96. The number of aromatic nitrogens is 4. The maximum Gasteiger partial charge on any atom is 0.411 e. The fourth-order valence-electron chi connectivity index (χ4n) is 6.96. The summed E-state index contributed by atoms with van der Waals surface area (Å²) in [6.45, 7) is 1.44. The number of anilines is 1. The van der Waals surface area contributed by atoms with Crippen LogP contribution in [0.4, 0.5) is 19.9 Å². The first kappa shape index (κ1) is 39.5. The molecule has 1 aliphatic carbocycles. The van der Waals surface area contributed by atoms with Gasteiger partial charge < -0.3 is 31.0 Å². The van der Waals surface area contributed by atoms with E-state index in [1.54, 1.807) is 12.1 Å². The van der Waals surface area contributed by atoms with Crippen LogP contribution in [0.3, 0.4) is 0 Å². The Balaban J connectivity index is 0.00000280. The molecule has 1 atom stereocenters. The maximum absolute atomic E-state index is 13.0. The maximum atomic E-state index is 13.0. The van der Waals surface area contributed by atoms with E-state index in [1.165, 1.54) is 12.1 Å². The van der Waals surface area contributed by atoms with Gasteiger partial charge in [-0.15, -0.1) is 5.10 Å². The van der Waals surface area contributed by atoms with Gasteiger partial charge in [-0.2, -0.15) is 0 Å². The Morgan fingerprint density at radius 2 is 1.74 bits per heavy atom. The number of nitrogens with two attached hydrogens (primary N) is 1. The number of phenolic OH excluding ortho intramolecular Hbond substituents is 1. The lowest BCUT2D eigenvalue weighted by Crippen LogP contribution is -2.32. The molecule has 284 valence electrons. The van der Waals surface area contributed by atoms with Crippen molar-refractivity contribution in [2.45, 2.75) is 69.9 Å². The molecule has 4 aromatic carbocycles. The highest BCUT2D eigenvalue weighted by Gasteiger charge is 2.22. The van der Waals surface area contributed by atoms with Gasteiger partial charge in [-0.1, -0.05) is 59.8 Å². The van der Waals surface area contributed by atoms with Crippen molar-refractivity contribution < 1.29 is 29.2 Å². The van der Waals surface area contributed by atoms with Gasteiger partial charge in [0.15, 0.2) is 0 Å². The average molecular weight is 742 g/mol. The molecular formula is C40H45F2N7O5. The molecule has 0 radical (unpaired) electrons. The number of aliphatic hydroxyl groups is 1. The number of nitrogens with one attached hydrogen (secondary N) is 3. The van der Waals surface area contributed by atoms with E-state index in [1.807, 2.05) is 65.3 Å². The molecule has 14 heteroatoms. The molecule has 0 spiro atoms. The molecule has 54 heavy (non-hydrogen) atoms. The molecule has 1 saturated carbocycles. The zero-order valence-electron chi connectivity index (χ0n) is 29.6. The number of carbonyl (C=O) groups excluding carboxylic acids is 1.